The number of fused-ring (bicyclic) bond motifs is 1. The molecule has 0 bridgehead atoms. The summed E-state index contributed by atoms with van der Waals surface area (Å²) < 4.78 is 27.7. The van der Waals surface area contributed by atoms with Gasteiger partial charge in [0.1, 0.15) is 23.5 Å². The number of amides is 2. The molecule has 1 aliphatic rings. The maximum Gasteiger partial charge on any atom is 0.251 e. The van der Waals surface area contributed by atoms with Gasteiger partial charge >= 0.3 is 0 Å². The average molecular weight is 382 g/mol. The monoisotopic (exact) mass is 382 g/mol. The normalized spacial score (nSPS) is 15.2. The van der Waals surface area contributed by atoms with E-state index in [2.05, 4.69) is 15.7 Å². The van der Waals surface area contributed by atoms with Gasteiger partial charge in [-0.1, -0.05) is 12.1 Å². The number of benzene rings is 2. The molecule has 2 heterocycles. The lowest BCUT2D eigenvalue weighted by Crippen LogP contribution is -2.23. The molecule has 1 unspecified atom stereocenters. The molecule has 1 aliphatic heterocycles. The molecule has 0 saturated heterocycles. The van der Waals surface area contributed by atoms with Crippen molar-refractivity contribution in [3.63, 3.8) is 0 Å². The Labute approximate surface area is 159 Å². The summed E-state index contributed by atoms with van der Waals surface area (Å²) in [4.78, 5) is 24.8. The van der Waals surface area contributed by atoms with E-state index >= 15 is 0 Å². The first kappa shape index (κ1) is 17.8. The average Bonchev–Trinajstić information content (AvgIpc) is 3.12. The fourth-order valence-corrected chi connectivity index (χ4v) is 3.27. The lowest BCUT2D eigenvalue weighted by Gasteiger charge is -2.10. The van der Waals surface area contributed by atoms with E-state index < -0.39 is 17.8 Å². The van der Waals surface area contributed by atoms with Crippen LogP contribution in [0.5, 0.6) is 0 Å². The Morgan fingerprint density at radius 1 is 1.11 bits per heavy atom. The summed E-state index contributed by atoms with van der Waals surface area (Å²) in [6.07, 6.45) is -0.125. The SMILES string of the molecule is Cc1nn2c(c1-c1ccc(F)cc1)NC(=O)C2CC(=O)Nc1ccc(F)cc1. The highest BCUT2D eigenvalue weighted by Crippen LogP contribution is 2.38. The van der Waals surface area contributed by atoms with Crippen LogP contribution in [0.3, 0.4) is 0 Å². The Kier molecular flexibility index (Phi) is 4.38. The van der Waals surface area contributed by atoms with E-state index in [4.69, 9.17) is 0 Å². The minimum Gasteiger partial charge on any atom is -0.326 e. The molecule has 142 valence electrons. The second-order valence-corrected chi connectivity index (χ2v) is 6.52. The minimum atomic E-state index is -0.802. The van der Waals surface area contributed by atoms with Crippen LogP contribution >= 0.6 is 0 Å². The maximum atomic E-state index is 13.2. The van der Waals surface area contributed by atoms with Gasteiger partial charge in [-0.05, 0) is 48.9 Å². The van der Waals surface area contributed by atoms with Crippen molar-refractivity contribution in [1.29, 1.82) is 0 Å². The van der Waals surface area contributed by atoms with Gasteiger partial charge in [0.05, 0.1) is 12.1 Å². The number of hydrogen-bond donors (Lipinski definition) is 2. The van der Waals surface area contributed by atoms with Crippen molar-refractivity contribution in [2.45, 2.75) is 19.4 Å². The summed E-state index contributed by atoms with van der Waals surface area (Å²) in [7, 11) is 0. The zero-order valence-corrected chi connectivity index (χ0v) is 14.9. The van der Waals surface area contributed by atoms with Crippen molar-refractivity contribution in [3.8, 4) is 11.1 Å². The van der Waals surface area contributed by atoms with Gasteiger partial charge in [-0.25, -0.2) is 13.5 Å². The van der Waals surface area contributed by atoms with Crippen molar-refractivity contribution in [3.05, 3.63) is 65.9 Å². The van der Waals surface area contributed by atoms with E-state index in [-0.39, 0.29) is 18.1 Å². The first-order valence-electron chi connectivity index (χ1n) is 8.63. The fraction of sp³-hybridized carbons (Fsp3) is 0.150. The van der Waals surface area contributed by atoms with Gasteiger partial charge in [0.25, 0.3) is 5.91 Å². The van der Waals surface area contributed by atoms with E-state index in [1.54, 1.807) is 19.1 Å². The molecule has 1 atom stereocenters. The third kappa shape index (κ3) is 3.24. The van der Waals surface area contributed by atoms with Crippen LogP contribution in [0.4, 0.5) is 20.3 Å². The standard InChI is InChI=1S/C20H16F2N4O2/c1-11-18(12-2-4-13(21)5-3-12)19-24-20(28)16(26(19)25-11)10-17(27)23-15-8-6-14(22)7-9-15/h2-9,16H,10H2,1H3,(H,23,27)(H,24,28). The summed E-state index contributed by atoms with van der Waals surface area (Å²) in [5, 5.41) is 9.81. The number of nitrogens with zero attached hydrogens (tertiary/aromatic N) is 2. The number of nitrogens with one attached hydrogen (secondary N) is 2. The first-order chi connectivity index (χ1) is 13.4. The number of carbonyl (C=O) groups excluding carboxylic acids is 2. The minimum absolute atomic E-state index is 0.125. The largest absolute Gasteiger partial charge is 0.326 e. The fourth-order valence-electron chi connectivity index (χ4n) is 3.27. The molecule has 28 heavy (non-hydrogen) atoms. The molecular formula is C20H16F2N4O2. The smallest absolute Gasteiger partial charge is 0.251 e. The molecule has 0 radical (unpaired) electrons. The van der Waals surface area contributed by atoms with Crippen LogP contribution in [0.15, 0.2) is 48.5 Å². The van der Waals surface area contributed by atoms with E-state index in [0.717, 1.165) is 5.56 Å². The number of halogens is 2. The molecule has 0 saturated carbocycles. The summed E-state index contributed by atoms with van der Waals surface area (Å²) in [5.41, 5.74) is 2.51. The van der Waals surface area contributed by atoms with E-state index in [9.17, 15) is 18.4 Å². The first-order valence-corrected chi connectivity index (χ1v) is 8.63. The number of aromatic nitrogens is 2. The Balaban J connectivity index is 1.57. The quantitative estimate of drug-likeness (QED) is 0.723. The molecule has 1 aromatic heterocycles. The van der Waals surface area contributed by atoms with E-state index in [0.29, 0.717) is 22.8 Å². The third-order valence-electron chi connectivity index (χ3n) is 4.56. The molecular weight excluding hydrogens is 366 g/mol. The number of anilines is 2. The van der Waals surface area contributed by atoms with Crippen molar-refractivity contribution in [1.82, 2.24) is 9.78 Å². The van der Waals surface area contributed by atoms with Crippen LogP contribution in [-0.2, 0) is 9.59 Å². The number of hydrogen-bond acceptors (Lipinski definition) is 3. The van der Waals surface area contributed by atoms with Gasteiger partial charge in [-0.15, -0.1) is 0 Å². The van der Waals surface area contributed by atoms with Gasteiger partial charge in [0.2, 0.25) is 5.91 Å². The highest BCUT2D eigenvalue weighted by atomic mass is 19.1. The second-order valence-electron chi connectivity index (χ2n) is 6.52. The Bertz CT molecular complexity index is 1060. The molecule has 2 aromatic carbocycles. The predicted octanol–water partition coefficient (Wildman–Crippen LogP) is 3.66. The van der Waals surface area contributed by atoms with Crippen LogP contribution in [-0.4, -0.2) is 21.6 Å². The Hall–Kier alpha value is -3.55. The topological polar surface area (TPSA) is 76.0 Å². The van der Waals surface area contributed by atoms with Gasteiger partial charge in [0.15, 0.2) is 0 Å². The Morgan fingerprint density at radius 2 is 1.71 bits per heavy atom. The molecule has 2 amide bonds. The lowest BCUT2D eigenvalue weighted by atomic mass is 10.1. The van der Waals surface area contributed by atoms with Crippen molar-refractivity contribution in [2.24, 2.45) is 0 Å². The van der Waals surface area contributed by atoms with Gasteiger partial charge < -0.3 is 10.6 Å². The number of carbonyl (C=O) groups is 2. The zero-order chi connectivity index (χ0) is 19.8. The van der Waals surface area contributed by atoms with Crippen LogP contribution in [0.25, 0.3) is 11.1 Å². The molecule has 6 nitrogen and oxygen atoms in total. The molecule has 0 spiro atoms. The van der Waals surface area contributed by atoms with Crippen LogP contribution < -0.4 is 10.6 Å². The molecule has 2 N–H and O–H groups in total. The molecule has 4 rings (SSSR count). The summed E-state index contributed by atoms with van der Waals surface area (Å²) in [6.45, 7) is 1.78. The predicted molar refractivity (Wildman–Crippen MR) is 99.7 cm³/mol. The zero-order valence-electron chi connectivity index (χ0n) is 14.9. The van der Waals surface area contributed by atoms with Crippen LogP contribution in [0.2, 0.25) is 0 Å². The van der Waals surface area contributed by atoms with Crippen molar-refractivity contribution in [2.75, 3.05) is 10.6 Å². The summed E-state index contributed by atoms with van der Waals surface area (Å²) in [5.74, 6) is -1.02. The van der Waals surface area contributed by atoms with Crippen molar-refractivity contribution >= 4 is 23.3 Å². The molecule has 3 aromatic rings. The van der Waals surface area contributed by atoms with Gasteiger partial charge in [-0.2, -0.15) is 5.10 Å². The Morgan fingerprint density at radius 3 is 2.36 bits per heavy atom. The van der Waals surface area contributed by atoms with E-state index in [1.165, 1.54) is 41.1 Å². The van der Waals surface area contributed by atoms with E-state index in [1.807, 2.05) is 0 Å². The molecule has 0 fully saturated rings. The van der Waals surface area contributed by atoms with Gasteiger partial charge in [-0.3, -0.25) is 9.59 Å². The third-order valence-corrected chi connectivity index (χ3v) is 4.56. The van der Waals surface area contributed by atoms with Crippen LogP contribution in [0, 0.1) is 18.6 Å². The number of rotatable bonds is 4. The molecule has 0 aliphatic carbocycles. The van der Waals surface area contributed by atoms with Gasteiger partial charge in [0, 0.05) is 11.3 Å². The molecule has 8 heteroatoms. The summed E-state index contributed by atoms with van der Waals surface area (Å²) >= 11 is 0. The maximum absolute atomic E-state index is 13.2. The lowest BCUT2D eigenvalue weighted by molar-refractivity contribution is -0.123. The van der Waals surface area contributed by atoms with Crippen LogP contribution in [0.1, 0.15) is 18.2 Å². The van der Waals surface area contributed by atoms with Crippen molar-refractivity contribution < 1.29 is 18.4 Å². The number of aryl methyl sites for hydroxylation is 1. The second kappa shape index (κ2) is 6.88. The summed E-state index contributed by atoms with van der Waals surface area (Å²) in [6, 6.07) is 10.5. The highest BCUT2D eigenvalue weighted by molar-refractivity contribution is 6.04. The highest BCUT2D eigenvalue weighted by Gasteiger charge is 2.36.